The number of anilines is 1. The van der Waals surface area contributed by atoms with E-state index >= 15 is 0 Å². The number of halogens is 5. The third-order valence-corrected chi connectivity index (χ3v) is 9.86. The van der Waals surface area contributed by atoms with E-state index in [1.165, 1.54) is 12.0 Å². The lowest BCUT2D eigenvalue weighted by Gasteiger charge is -2.35. The highest BCUT2D eigenvalue weighted by molar-refractivity contribution is 7.99. The predicted octanol–water partition coefficient (Wildman–Crippen LogP) is 7.25. The first-order valence-electron chi connectivity index (χ1n) is 13.4. The molecule has 14 heteroatoms. The SMILES string of the molecule is CCN1CCCN(c2cc3c(cc2OC)CN(C(=O)c2c(Sc4c(Cl)ccc(C)c4Cl)cc(C(F)(F)Cl)[nH]c2=O)C3)C1=O. The Hall–Kier alpha value is -2.99. The number of amides is 3. The van der Waals surface area contributed by atoms with Gasteiger partial charge in [-0.2, -0.15) is 8.78 Å². The largest absolute Gasteiger partial charge is 0.495 e. The van der Waals surface area contributed by atoms with Crippen LogP contribution in [-0.4, -0.2) is 53.5 Å². The molecule has 0 spiro atoms. The zero-order valence-electron chi connectivity index (χ0n) is 23.4. The van der Waals surface area contributed by atoms with Crippen molar-refractivity contribution in [3.63, 3.8) is 0 Å². The number of ether oxygens (including phenoxy) is 1. The third-order valence-electron chi connectivity index (χ3n) is 7.46. The molecule has 3 aromatic rings. The maximum Gasteiger partial charge on any atom is 0.362 e. The molecule has 3 amide bonds. The number of hydrogen-bond donors (Lipinski definition) is 1. The monoisotopic (exact) mass is 670 g/mol. The Labute approximate surface area is 265 Å². The molecule has 8 nitrogen and oxygen atoms in total. The molecule has 1 N–H and O–H groups in total. The summed E-state index contributed by atoms with van der Waals surface area (Å²) in [6.07, 6.45) is 0.792. The first kappa shape index (κ1) is 31.4. The summed E-state index contributed by atoms with van der Waals surface area (Å²) in [6, 6.07) is 7.72. The molecule has 0 radical (unpaired) electrons. The van der Waals surface area contributed by atoms with E-state index in [4.69, 9.17) is 39.5 Å². The molecule has 1 aromatic heterocycles. The highest BCUT2D eigenvalue weighted by atomic mass is 35.5. The van der Waals surface area contributed by atoms with Crippen molar-refractivity contribution in [2.75, 3.05) is 31.6 Å². The Morgan fingerprint density at radius 3 is 2.47 bits per heavy atom. The molecule has 0 unspecified atom stereocenters. The molecule has 228 valence electrons. The van der Waals surface area contributed by atoms with Crippen LogP contribution in [0.2, 0.25) is 10.0 Å². The molecule has 1 fully saturated rings. The number of fused-ring (bicyclic) bond motifs is 1. The quantitative estimate of drug-likeness (QED) is 0.268. The van der Waals surface area contributed by atoms with E-state index in [-0.39, 0.29) is 39.6 Å². The number of nitrogens with zero attached hydrogens (tertiary/aromatic N) is 3. The molecular weight excluding hydrogens is 645 g/mol. The van der Waals surface area contributed by atoms with Gasteiger partial charge in [-0.05, 0) is 72.8 Å². The van der Waals surface area contributed by atoms with Crippen molar-refractivity contribution in [2.24, 2.45) is 0 Å². The van der Waals surface area contributed by atoms with Crippen LogP contribution in [0.25, 0.3) is 0 Å². The maximum absolute atomic E-state index is 14.1. The molecule has 0 saturated carbocycles. The zero-order valence-corrected chi connectivity index (χ0v) is 26.5. The van der Waals surface area contributed by atoms with Crippen LogP contribution in [0.4, 0.5) is 19.3 Å². The summed E-state index contributed by atoms with van der Waals surface area (Å²) in [4.78, 5) is 47.4. The number of nitrogens with one attached hydrogen (secondary N) is 1. The Balaban J connectivity index is 1.52. The van der Waals surface area contributed by atoms with Crippen LogP contribution >= 0.6 is 46.6 Å². The molecule has 1 saturated heterocycles. The van der Waals surface area contributed by atoms with E-state index in [0.717, 1.165) is 35.4 Å². The predicted molar refractivity (Wildman–Crippen MR) is 163 cm³/mol. The standard InChI is InChI=1S/C29H27Cl3F2N4O4S/c1-4-36-8-5-9-38(28(36)41)19-10-16-13-37(14-17(16)11-20(19)42-3)27(40)23-21(12-22(29(32,33)34)35-26(23)39)43-25-18(30)7-6-15(2)24(25)31/h6-7,10-12H,4-5,8-9,13-14H2,1-3H3,(H,35,39). The number of benzene rings is 2. The van der Waals surface area contributed by atoms with Crippen LogP contribution in [0, 0.1) is 6.92 Å². The summed E-state index contributed by atoms with van der Waals surface area (Å²) < 4.78 is 33.9. The Kier molecular flexibility index (Phi) is 8.91. The van der Waals surface area contributed by atoms with E-state index in [0.29, 0.717) is 41.5 Å². The van der Waals surface area contributed by atoms with Gasteiger partial charge in [0, 0.05) is 42.5 Å². The van der Waals surface area contributed by atoms with Gasteiger partial charge < -0.3 is 19.5 Å². The van der Waals surface area contributed by atoms with Crippen molar-refractivity contribution >= 4 is 64.2 Å². The van der Waals surface area contributed by atoms with Crippen molar-refractivity contribution in [1.82, 2.24) is 14.8 Å². The number of pyridine rings is 1. The molecular formula is C29H27Cl3F2N4O4S. The number of carbonyl (C=O) groups is 2. The molecule has 2 aliphatic heterocycles. The summed E-state index contributed by atoms with van der Waals surface area (Å²) >= 11 is 18.9. The van der Waals surface area contributed by atoms with Crippen molar-refractivity contribution < 1.29 is 23.1 Å². The minimum Gasteiger partial charge on any atom is -0.495 e. The van der Waals surface area contributed by atoms with Crippen LogP contribution in [0.1, 0.15) is 46.1 Å². The second kappa shape index (κ2) is 12.2. The van der Waals surface area contributed by atoms with Crippen LogP contribution in [0.3, 0.4) is 0 Å². The van der Waals surface area contributed by atoms with Gasteiger partial charge in [0.05, 0.1) is 22.8 Å². The number of aryl methyl sites for hydroxylation is 1. The van der Waals surface area contributed by atoms with Gasteiger partial charge in [0.2, 0.25) is 0 Å². The lowest BCUT2D eigenvalue weighted by atomic mass is 10.1. The summed E-state index contributed by atoms with van der Waals surface area (Å²) in [5.41, 5.74) is 0.541. The number of hydrogen-bond acceptors (Lipinski definition) is 5. The fourth-order valence-electron chi connectivity index (χ4n) is 5.20. The van der Waals surface area contributed by atoms with Gasteiger partial charge >= 0.3 is 11.4 Å². The zero-order chi connectivity index (χ0) is 31.2. The van der Waals surface area contributed by atoms with Crippen molar-refractivity contribution in [1.29, 1.82) is 0 Å². The average molecular weight is 672 g/mol. The summed E-state index contributed by atoms with van der Waals surface area (Å²) in [5.74, 6) is -0.207. The second-order valence-electron chi connectivity index (χ2n) is 10.2. The molecule has 0 aliphatic carbocycles. The van der Waals surface area contributed by atoms with Gasteiger partial charge in [-0.15, -0.1) is 0 Å². The minimum absolute atomic E-state index is 0.0775. The molecule has 2 aromatic carbocycles. The minimum atomic E-state index is -3.90. The molecule has 0 bridgehead atoms. The second-order valence-corrected chi connectivity index (χ2v) is 12.5. The Morgan fingerprint density at radius 1 is 1.12 bits per heavy atom. The first-order valence-corrected chi connectivity index (χ1v) is 15.3. The highest BCUT2D eigenvalue weighted by Gasteiger charge is 2.35. The third kappa shape index (κ3) is 6.05. The Morgan fingerprint density at radius 2 is 1.81 bits per heavy atom. The number of H-pyrrole nitrogens is 1. The fourth-order valence-corrected chi connectivity index (χ4v) is 6.99. The molecule has 5 rings (SSSR count). The lowest BCUT2D eigenvalue weighted by molar-refractivity contribution is 0.0740. The van der Waals surface area contributed by atoms with E-state index in [2.05, 4.69) is 4.98 Å². The topological polar surface area (TPSA) is 85.9 Å². The summed E-state index contributed by atoms with van der Waals surface area (Å²) in [6.45, 7) is 5.67. The van der Waals surface area contributed by atoms with Crippen molar-refractivity contribution in [3.05, 3.63) is 78.7 Å². The molecule has 3 heterocycles. The summed E-state index contributed by atoms with van der Waals surface area (Å²) in [5, 5.41) is -3.41. The fraction of sp³-hybridized carbons (Fsp3) is 0.345. The van der Waals surface area contributed by atoms with Crippen LogP contribution in [0.15, 0.2) is 44.9 Å². The van der Waals surface area contributed by atoms with Gasteiger partial charge in [-0.1, -0.05) is 41.0 Å². The van der Waals surface area contributed by atoms with Gasteiger partial charge in [-0.25, -0.2) is 4.79 Å². The average Bonchev–Trinajstić information content (AvgIpc) is 3.39. The maximum atomic E-state index is 14.1. The number of carbonyl (C=O) groups excluding carboxylic acids is 2. The van der Waals surface area contributed by atoms with Gasteiger partial charge in [-0.3, -0.25) is 14.5 Å². The number of urea groups is 1. The van der Waals surface area contributed by atoms with Crippen LogP contribution in [0.5, 0.6) is 5.75 Å². The summed E-state index contributed by atoms with van der Waals surface area (Å²) in [7, 11) is 1.51. The molecule has 2 aliphatic rings. The van der Waals surface area contributed by atoms with Crippen molar-refractivity contribution in [2.45, 2.75) is 48.5 Å². The van der Waals surface area contributed by atoms with E-state index in [9.17, 15) is 23.2 Å². The number of rotatable bonds is 7. The van der Waals surface area contributed by atoms with E-state index < -0.39 is 22.5 Å². The Bertz CT molecular complexity index is 1680. The molecule has 0 atom stereocenters. The van der Waals surface area contributed by atoms with Gasteiger partial charge in [0.25, 0.3) is 11.5 Å². The molecule has 43 heavy (non-hydrogen) atoms. The van der Waals surface area contributed by atoms with E-state index in [1.807, 2.05) is 13.0 Å². The lowest BCUT2D eigenvalue weighted by Crippen LogP contribution is -2.49. The smallest absolute Gasteiger partial charge is 0.362 e. The van der Waals surface area contributed by atoms with Crippen LogP contribution < -0.4 is 15.2 Å². The highest BCUT2D eigenvalue weighted by Crippen LogP contribution is 2.43. The first-order chi connectivity index (χ1) is 20.3. The van der Waals surface area contributed by atoms with Gasteiger partial charge in [0.15, 0.2) is 0 Å². The number of aromatic amines is 1. The number of aromatic nitrogens is 1. The van der Waals surface area contributed by atoms with Crippen LogP contribution in [-0.2, 0) is 18.5 Å². The number of alkyl halides is 3. The van der Waals surface area contributed by atoms with Crippen molar-refractivity contribution in [3.8, 4) is 5.75 Å². The van der Waals surface area contributed by atoms with Gasteiger partial charge in [0.1, 0.15) is 17.0 Å². The normalized spacial score (nSPS) is 15.3. The van der Waals surface area contributed by atoms with E-state index in [1.54, 1.807) is 34.9 Å². The number of methoxy groups -OCH3 is 1.